The minimum atomic E-state index is -0.584. The molecule has 14 nitrogen and oxygen atoms in total. The average Bonchev–Trinajstić information content (AvgIpc) is 3.38. The van der Waals surface area contributed by atoms with Gasteiger partial charge in [-0.25, -0.2) is 19.3 Å². The normalized spacial score (nSPS) is 17.4. The van der Waals surface area contributed by atoms with Gasteiger partial charge in [0.15, 0.2) is 11.6 Å². The molecule has 3 saturated heterocycles. The first kappa shape index (κ1) is 30.5. The Morgan fingerprint density at radius 1 is 1.11 bits per heavy atom. The maximum atomic E-state index is 12.5. The van der Waals surface area contributed by atoms with Crippen LogP contribution < -0.4 is 15.5 Å². The minimum Gasteiger partial charge on any atom is -0.453 e. The van der Waals surface area contributed by atoms with Crippen molar-refractivity contribution in [3.05, 3.63) is 47.3 Å². The molecular formula is C31H39N9O5. The Morgan fingerprint density at radius 2 is 1.87 bits per heavy atom. The number of anilines is 2. The van der Waals surface area contributed by atoms with E-state index in [1.807, 2.05) is 30.2 Å². The molecule has 0 aromatic carbocycles. The highest BCUT2D eigenvalue weighted by Gasteiger charge is 2.52. The molecule has 3 aromatic heterocycles. The molecule has 0 aliphatic carbocycles. The molecule has 6 heterocycles. The van der Waals surface area contributed by atoms with Crippen molar-refractivity contribution >= 4 is 35.1 Å². The molecule has 45 heavy (non-hydrogen) atoms. The maximum Gasteiger partial charge on any atom is 0.412 e. The van der Waals surface area contributed by atoms with E-state index >= 15 is 0 Å². The molecule has 0 unspecified atom stereocenters. The first-order valence-corrected chi connectivity index (χ1v) is 15.1. The molecule has 3 fully saturated rings. The van der Waals surface area contributed by atoms with Gasteiger partial charge in [0.05, 0.1) is 26.9 Å². The third kappa shape index (κ3) is 6.61. The molecule has 3 amide bonds. The van der Waals surface area contributed by atoms with Crippen LogP contribution in [0.2, 0.25) is 0 Å². The number of nitrogens with one attached hydrogen (secondary N) is 2. The van der Waals surface area contributed by atoms with E-state index in [1.165, 1.54) is 13.2 Å². The largest absolute Gasteiger partial charge is 0.453 e. The number of fused-ring (bicyclic) bond motifs is 1. The molecule has 0 atom stereocenters. The number of hydrogen-bond acceptors (Lipinski definition) is 10. The van der Waals surface area contributed by atoms with Gasteiger partial charge in [0.2, 0.25) is 11.8 Å². The zero-order valence-electron chi connectivity index (χ0n) is 26.1. The van der Waals surface area contributed by atoms with Crippen LogP contribution in [0, 0.1) is 12.3 Å². The van der Waals surface area contributed by atoms with Crippen LogP contribution >= 0.6 is 0 Å². The number of hydrogen-bond donors (Lipinski definition) is 2. The lowest BCUT2D eigenvalue weighted by Gasteiger charge is -2.60. The fourth-order valence-electron chi connectivity index (χ4n) is 6.26. The SMILES string of the molecule is COC(=O)Nc1cc(C)c(-c2nc(N3CCOCC3)c3cc(CN4CC5(C4)CN(C(=O)CNC(=O)C=C(C)C)C5)cn3n2)cn1. The molecule has 1 spiro atoms. The van der Waals surface area contributed by atoms with Crippen molar-refractivity contribution in [3.63, 3.8) is 0 Å². The van der Waals surface area contributed by atoms with Crippen LogP contribution in [0.4, 0.5) is 16.4 Å². The summed E-state index contributed by atoms with van der Waals surface area (Å²) in [6.45, 7) is 12.4. The minimum absolute atomic E-state index is 0.0261. The van der Waals surface area contributed by atoms with Gasteiger partial charge in [-0.2, -0.15) is 0 Å². The quantitative estimate of drug-likeness (QED) is 0.359. The highest BCUT2D eigenvalue weighted by Crippen LogP contribution is 2.40. The molecule has 0 saturated carbocycles. The fraction of sp³-hybridized carbons (Fsp3) is 0.484. The number of carbonyl (C=O) groups is 3. The zero-order chi connectivity index (χ0) is 31.7. The number of pyridine rings is 1. The molecule has 3 aliphatic rings. The summed E-state index contributed by atoms with van der Waals surface area (Å²) in [6.07, 6.45) is 4.63. The third-order valence-corrected chi connectivity index (χ3v) is 8.34. The zero-order valence-corrected chi connectivity index (χ0v) is 26.1. The predicted octanol–water partition coefficient (Wildman–Crippen LogP) is 1.84. The number of methoxy groups -OCH3 is 1. The first-order chi connectivity index (χ1) is 21.6. The van der Waals surface area contributed by atoms with E-state index in [1.54, 1.807) is 12.3 Å². The van der Waals surface area contributed by atoms with Gasteiger partial charge >= 0.3 is 6.09 Å². The van der Waals surface area contributed by atoms with Crippen molar-refractivity contribution < 1.29 is 23.9 Å². The van der Waals surface area contributed by atoms with Crippen molar-refractivity contribution in [2.45, 2.75) is 27.3 Å². The molecule has 238 valence electrons. The number of aromatic nitrogens is 4. The summed E-state index contributed by atoms with van der Waals surface area (Å²) in [5.74, 6) is 1.49. The van der Waals surface area contributed by atoms with Crippen LogP contribution in [0.25, 0.3) is 16.9 Å². The predicted molar refractivity (Wildman–Crippen MR) is 167 cm³/mol. The van der Waals surface area contributed by atoms with Crippen LogP contribution in [0.5, 0.6) is 0 Å². The Balaban J connectivity index is 1.14. The summed E-state index contributed by atoms with van der Waals surface area (Å²) in [6, 6.07) is 3.92. The highest BCUT2D eigenvalue weighted by molar-refractivity contribution is 5.91. The second-order valence-electron chi connectivity index (χ2n) is 12.4. The van der Waals surface area contributed by atoms with Crippen LogP contribution in [0.1, 0.15) is 25.0 Å². The van der Waals surface area contributed by atoms with Gasteiger partial charge in [-0.05, 0) is 44.0 Å². The van der Waals surface area contributed by atoms with E-state index in [2.05, 4.69) is 42.4 Å². The van der Waals surface area contributed by atoms with Crippen molar-refractivity contribution in [1.29, 1.82) is 0 Å². The number of aryl methyl sites for hydroxylation is 1. The Bertz CT molecular complexity index is 1640. The molecule has 0 bridgehead atoms. The van der Waals surface area contributed by atoms with Gasteiger partial charge < -0.3 is 24.6 Å². The van der Waals surface area contributed by atoms with Crippen LogP contribution in [-0.2, 0) is 25.6 Å². The van der Waals surface area contributed by atoms with Gasteiger partial charge in [-0.3, -0.25) is 19.8 Å². The number of rotatable bonds is 8. The van der Waals surface area contributed by atoms with Crippen LogP contribution in [-0.4, -0.2) is 113 Å². The molecule has 6 rings (SSSR count). The highest BCUT2D eigenvalue weighted by atomic mass is 16.5. The number of ether oxygens (including phenoxy) is 2. The van der Waals surface area contributed by atoms with Gasteiger partial charge in [-0.15, -0.1) is 5.10 Å². The van der Waals surface area contributed by atoms with E-state index in [9.17, 15) is 14.4 Å². The van der Waals surface area contributed by atoms with Gasteiger partial charge in [0, 0.05) is 75.3 Å². The lowest BCUT2D eigenvalue weighted by atomic mass is 9.72. The topological polar surface area (TPSA) is 147 Å². The number of carbonyl (C=O) groups excluding carboxylic acids is 3. The maximum absolute atomic E-state index is 12.5. The molecule has 3 aromatic rings. The number of amides is 3. The number of morpholine rings is 1. The molecular weight excluding hydrogens is 578 g/mol. The summed E-state index contributed by atoms with van der Waals surface area (Å²) < 4.78 is 12.2. The molecule has 0 radical (unpaired) electrons. The lowest BCUT2D eigenvalue weighted by Crippen LogP contribution is -2.73. The lowest BCUT2D eigenvalue weighted by molar-refractivity contribution is -0.159. The van der Waals surface area contributed by atoms with Crippen LogP contribution in [0.15, 0.2) is 36.2 Å². The van der Waals surface area contributed by atoms with Crippen molar-refractivity contribution in [1.82, 2.24) is 34.7 Å². The Labute approximate surface area is 261 Å². The van der Waals surface area contributed by atoms with E-state index in [4.69, 9.17) is 14.8 Å². The summed E-state index contributed by atoms with van der Waals surface area (Å²) >= 11 is 0. The summed E-state index contributed by atoms with van der Waals surface area (Å²) in [4.78, 5) is 51.8. The van der Waals surface area contributed by atoms with Crippen molar-refractivity contribution in [2.24, 2.45) is 5.41 Å². The summed E-state index contributed by atoms with van der Waals surface area (Å²) in [7, 11) is 1.31. The third-order valence-electron chi connectivity index (χ3n) is 8.34. The van der Waals surface area contributed by atoms with Gasteiger partial charge in [0.25, 0.3) is 0 Å². The number of nitrogens with zero attached hydrogens (tertiary/aromatic N) is 7. The van der Waals surface area contributed by atoms with Gasteiger partial charge in [-0.1, -0.05) is 5.57 Å². The standard InChI is InChI=1S/C31H39N9O5/c1-20(2)9-26(41)33-13-27(42)39-18-31(19-39)16-37(17-31)14-22-11-24-29(38-5-7-45-8-6-38)35-28(36-40(24)15-22)23-12-32-25(10-21(23)3)34-30(43)44-4/h9-12,15H,5-8,13-14,16-19H2,1-4H3,(H,33,41)(H,32,34,43). The second-order valence-corrected chi connectivity index (χ2v) is 12.4. The van der Waals surface area contributed by atoms with Crippen LogP contribution in [0.3, 0.4) is 0 Å². The number of likely N-dealkylation sites (tertiary alicyclic amines) is 2. The Hall–Kier alpha value is -4.56. The average molecular weight is 618 g/mol. The first-order valence-electron chi connectivity index (χ1n) is 15.1. The van der Waals surface area contributed by atoms with E-state index in [0.29, 0.717) is 24.9 Å². The monoisotopic (exact) mass is 617 g/mol. The molecule has 2 N–H and O–H groups in total. The Kier molecular flexibility index (Phi) is 8.42. The van der Waals surface area contributed by atoms with Gasteiger partial charge in [0.1, 0.15) is 11.3 Å². The summed E-state index contributed by atoms with van der Waals surface area (Å²) in [5.41, 5.74) is 4.72. The smallest absolute Gasteiger partial charge is 0.412 e. The summed E-state index contributed by atoms with van der Waals surface area (Å²) in [5, 5.41) is 10.1. The van der Waals surface area contributed by atoms with E-state index < -0.39 is 6.09 Å². The van der Waals surface area contributed by atoms with Crippen molar-refractivity contribution in [2.75, 3.05) is 76.4 Å². The molecule has 3 aliphatic heterocycles. The van der Waals surface area contributed by atoms with Crippen molar-refractivity contribution in [3.8, 4) is 11.4 Å². The fourth-order valence-corrected chi connectivity index (χ4v) is 6.26. The van der Waals surface area contributed by atoms with E-state index in [0.717, 1.165) is 79.4 Å². The number of allylic oxidation sites excluding steroid dienone is 1. The molecule has 14 heteroatoms. The van der Waals surface area contributed by atoms with E-state index in [-0.39, 0.29) is 23.8 Å². The second kappa shape index (κ2) is 12.4. The Morgan fingerprint density at radius 3 is 2.56 bits per heavy atom.